The number of aliphatic hydroxyl groups excluding tert-OH is 1. The molecule has 2 heterocycles. The number of rotatable bonds is 1. The molecule has 0 aromatic carbocycles. The fourth-order valence-corrected chi connectivity index (χ4v) is 2.54. The zero-order chi connectivity index (χ0) is 11.8. The molecule has 1 saturated heterocycles. The Balaban J connectivity index is 2.12. The SMILES string of the molecule is OC1CCCN(c2nc(C(F)(F)F)cs2)C1. The van der Waals surface area contributed by atoms with Crippen LogP contribution in [0.15, 0.2) is 5.38 Å². The van der Waals surface area contributed by atoms with Crippen molar-refractivity contribution in [1.29, 1.82) is 0 Å². The number of hydrogen-bond donors (Lipinski definition) is 1. The number of nitrogens with zero attached hydrogens (tertiary/aromatic N) is 2. The molecule has 0 bridgehead atoms. The van der Waals surface area contributed by atoms with E-state index >= 15 is 0 Å². The number of thiazole rings is 1. The molecule has 1 atom stereocenters. The Labute approximate surface area is 94.5 Å². The molecule has 16 heavy (non-hydrogen) atoms. The summed E-state index contributed by atoms with van der Waals surface area (Å²) in [6.07, 6.45) is -3.37. The predicted molar refractivity (Wildman–Crippen MR) is 54.6 cm³/mol. The number of anilines is 1. The topological polar surface area (TPSA) is 36.4 Å². The summed E-state index contributed by atoms with van der Waals surface area (Å²) in [6, 6.07) is 0. The van der Waals surface area contributed by atoms with Gasteiger partial charge in [-0.05, 0) is 12.8 Å². The fraction of sp³-hybridized carbons (Fsp3) is 0.667. The Morgan fingerprint density at radius 1 is 1.50 bits per heavy atom. The van der Waals surface area contributed by atoms with Crippen molar-refractivity contribution in [1.82, 2.24) is 4.98 Å². The van der Waals surface area contributed by atoms with Crippen molar-refractivity contribution in [3.05, 3.63) is 11.1 Å². The Bertz CT molecular complexity index is 366. The van der Waals surface area contributed by atoms with Crippen molar-refractivity contribution in [2.24, 2.45) is 0 Å². The highest BCUT2D eigenvalue weighted by Crippen LogP contribution is 2.33. The summed E-state index contributed by atoms with van der Waals surface area (Å²) in [7, 11) is 0. The van der Waals surface area contributed by atoms with Crippen LogP contribution in [-0.2, 0) is 6.18 Å². The van der Waals surface area contributed by atoms with Gasteiger partial charge in [-0.1, -0.05) is 0 Å². The minimum atomic E-state index is -4.39. The lowest BCUT2D eigenvalue weighted by atomic mass is 10.1. The number of halogens is 3. The Hall–Kier alpha value is -0.820. The maximum Gasteiger partial charge on any atom is 0.434 e. The summed E-state index contributed by atoms with van der Waals surface area (Å²) in [5, 5.41) is 10.8. The molecule has 1 N–H and O–H groups in total. The number of piperidine rings is 1. The van der Waals surface area contributed by atoms with Gasteiger partial charge in [0.1, 0.15) is 0 Å². The smallest absolute Gasteiger partial charge is 0.391 e. The first kappa shape index (κ1) is 11.7. The zero-order valence-electron chi connectivity index (χ0n) is 8.37. The monoisotopic (exact) mass is 252 g/mol. The van der Waals surface area contributed by atoms with E-state index in [2.05, 4.69) is 4.98 Å². The van der Waals surface area contributed by atoms with Crippen molar-refractivity contribution >= 4 is 16.5 Å². The van der Waals surface area contributed by atoms with E-state index in [0.29, 0.717) is 24.6 Å². The summed E-state index contributed by atoms with van der Waals surface area (Å²) in [6.45, 7) is 1.02. The zero-order valence-corrected chi connectivity index (χ0v) is 9.18. The van der Waals surface area contributed by atoms with Gasteiger partial charge < -0.3 is 10.0 Å². The van der Waals surface area contributed by atoms with Crippen molar-refractivity contribution in [3.63, 3.8) is 0 Å². The Morgan fingerprint density at radius 2 is 2.25 bits per heavy atom. The van der Waals surface area contributed by atoms with E-state index in [-0.39, 0.29) is 0 Å². The van der Waals surface area contributed by atoms with Gasteiger partial charge in [-0.25, -0.2) is 4.98 Å². The van der Waals surface area contributed by atoms with Crippen molar-refractivity contribution in [2.45, 2.75) is 25.1 Å². The summed E-state index contributed by atoms with van der Waals surface area (Å²) >= 11 is 0.969. The fourth-order valence-electron chi connectivity index (χ4n) is 1.67. The molecule has 1 fully saturated rings. The van der Waals surface area contributed by atoms with Crippen LogP contribution in [0.25, 0.3) is 0 Å². The number of aliphatic hydroxyl groups is 1. The maximum atomic E-state index is 12.3. The van der Waals surface area contributed by atoms with Gasteiger partial charge in [0.15, 0.2) is 10.8 Å². The normalized spacial score (nSPS) is 22.5. The summed E-state index contributed by atoms with van der Waals surface area (Å²) in [5.41, 5.74) is -0.854. The van der Waals surface area contributed by atoms with E-state index in [1.807, 2.05) is 0 Å². The van der Waals surface area contributed by atoms with Crippen molar-refractivity contribution in [3.8, 4) is 0 Å². The van der Waals surface area contributed by atoms with E-state index in [9.17, 15) is 18.3 Å². The minimum Gasteiger partial charge on any atom is -0.391 e. The first-order chi connectivity index (χ1) is 7.47. The van der Waals surface area contributed by atoms with E-state index in [4.69, 9.17) is 0 Å². The second kappa shape index (κ2) is 4.21. The highest BCUT2D eigenvalue weighted by molar-refractivity contribution is 7.13. The van der Waals surface area contributed by atoms with Crippen LogP contribution >= 0.6 is 11.3 Å². The molecule has 1 aliphatic heterocycles. The number of aromatic nitrogens is 1. The Kier molecular flexibility index (Phi) is 3.07. The lowest BCUT2D eigenvalue weighted by Crippen LogP contribution is -2.38. The van der Waals surface area contributed by atoms with Crippen molar-refractivity contribution < 1.29 is 18.3 Å². The average molecular weight is 252 g/mol. The minimum absolute atomic E-state index is 0.339. The van der Waals surface area contributed by atoms with E-state index in [1.54, 1.807) is 4.90 Å². The van der Waals surface area contributed by atoms with Gasteiger partial charge in [-0.2, -0.15) is 13.2 Å². The van der Waals surface area contributed by atoms with Crippen LogP contribution in [0.1, 0.15) is 18.5 Å². The van der Waals surface area contributed by atoms with Crippen LogP contribution in [0.4, 0.5) is 18.3 Å². The van der Waals surface area contributed by atoms with Gasteiger partial charge in [-0.3, -0.25) is 0 Å². The van der Waals surface area contributed by atoms with Gasteiger partial charge in [-0.15, -0.1) is 11.3 Å². The molecule has 90 valence electrons. The molecule has 1 unspecified atom stereocenters. The van der Waals surface area contributed by atoms with Gasteiger partial charge in [0.05, 0.1) is 6.10 Å². The third-order valence-corrected chi connectivity index (χ3v) is 3.35. The maximum absolute atomic E-state index is 12.3. The van der Waals surface area contributed by atoms with Crippen LogP contribution in [0, 0.1) is 0 Å². The molecular weight excluding hydrogens is 241 g/mol. The van der Waals surface area contributed by atoms with Crippen LogP contribution in [0.3, 0.4) is 0 Å². The first-order valence-corrected chi connectivity index (χ1v) is 5.80. The largest absolute Gasteiger partial charge is 0.434 e. The molecule has 0 aliphatic carbocycles. The third-order valence-electron chi connectivity index (χ3n) is 2.45. The first-order valence-electron chi connectivity index (χ1n) is 4.92. The van der Waals surface area contributed by atoms with E-state index in [0.717, 1.165) is 23.1 Å². The molecular formula is C9H11F3N2OS. The molecule has 1 aliphatic rings. The van der Waals surface area contributed by atoms with Crippen LogP contribution in [-0.4, -0.2) is 29.3 Å². The third kappa shape index (κ3) is 2.46. The predicted octanol–water partition coefficient (Wildman–Crippen LogP) is 2.12. The van der Waals surface area contributed by atoms with E-state index < -0.39 is 18.0 Å². The molecule has 0 radical (unpaired) electrons. The molecule has 1 aromatic rings. The summed E-state index contributed by atoms with van der Waals surface area (Å²) in [4.78, 5) is 5.25. The second-order valence-electron chi connectivity index (χ2n) is 3.76. The number of alkyl halides is 3. The van der Waals surface area contributed by atoms with Crippen LogP contribution in [0.5, 0.6) is 0 Å². The highest BCUT2D eigenvalue weighted by Gasteiger charge is 2.34. The molecule has 1 aromatic heterocycles. The number of β-amino-alcohol motifs (C(OH)–C–C–N with tert-alkyl or cyclic N) is 1. The standard InChI is InChI=1S/C9H11F3N2OS/c10-9(11,12)7-5-16-8(13-7)14-3-1-2-6(15)4-14/h5-6,15H,1-4H2. The summed E-state index contributed by atoms with van der Waals surface area (Å²) < 4.78 is 37.0. The number of hydrogen-bond acceptors (Lipinski definition) is 4. The molecule has 7 heteroatoms. The van der Waals surface area contributed by atoms with Gasteiger partial charge in [0.25, 0.3) is 0 Å². The molecule has 0 amide bonds. The Morgan fingerprint density at radius 3 is 2.81 bits per heavy atom. The molecule has 3 nitrogen and oxygen atoms in total. The van der Waals surface area contributed by atoms with Gasteiger partial charge in [0, 0.05) is 18.5 Å². The van der Waals surface area contributed by atoms with Crippen LogP contribution in [0.2, 0.25) is 0 Å². The van der Waals surface area contributed by atoms with E-state index in [1.165, 1.54) is 0 Å². The van der Waals surface area contributed by atoms with Crippen molar-refractivity contribution in [2.75, 3.05) is 18.0 Å². The molecule has 2 rings (SSSR count). The second-order valence-corrected chi connectivity index (χ2v) is 4.59. The lowest BCUT2D eigenvalue weighted by Gasteiger charge is -2.29. The highest BCUT2D eigenvalue weighted by atomic mass is 32.1. The summed E-state index contributed by atoms with van der Waals surface area (Å²) in [5.74, 6) is 0. The average Bonchev–Trinajstić information content (AvgIpc) is 2.65. The molecule has 0 spiro atoms. The van der Waals surface area contributed by atoms with Crippen LogP contribution < -0.4 is 4.90 Å². The quantitative estimate of drug-likeness (QED) is 0.831. The lowest BCUT2D eigenvalue weighted by molar-refractivity contribution is -0.140. The van der Waals surface area contributed by atoms with Gasteiger partial charge >= 0.3 is 6.18 Å². The van der Waals surface area contributed by atoms with Gasteiger partial charge in [0.2, 0.25) is 0 Å². The molecule has 0 saturated carbocycles.